The van der Waals surface area contributed by atoms with Gasteiger partial charge in [-0.25, -0.2) is 4.98 Å². The van der Waals surface area contributed by atoms with Crippen LogP contribution in [0.15, 0.2) is 54.6 Å². The van der Waals surface area contributed by atoms with Crippen molar-refractivity contribution in [2.24, 2.45) is 5.92 Å². The number of rotatable bonds is 2. The molecule has 1 aliphatic rings. The Morgan fingerprint density at radius 1 is 1.08 bits per heavy atom. The Kier molecular flexibility index (Phi) is 3.51. The first-order valence-corrected chi connectivity index (χ1v) is 7.96. The van der Waals surface area contributed by atoms with Gasteiger partial charge in [-0.3, -0.25) is 4.79 Å². The summed E-state index contributed by atoms with van der Waals surface area (Å²) in [6.07, 6.45) is 0.647. The zero-order chi connectivity index (χ0) is 16.5. The first-order valence-electron chi connectivity index (χ1n) is 7.96. The third-order valence-electron chi connectivity index (χ3n) is 4.60. The fourth-order valence-electron chi connectivity index (χ4n) is 3.39. The zero-order valence-corrected chi connectivity index (χ0v) is 12.9. The highest BCUT2D eigenvalue weighted by atomic mass is 16.2. The minimum absolute atomic E-state index is 0.136. The number of fused-ring (bicyclic) bond motifs is 1. The van der Waals surface area contributed by atoms with Gasteiger partial charge in [0.15, 0.2) is 0 Å². The van der Waals surface area contributed by atoms with Crippen LogP contribution in [0.1, 0.15) is 29.8 Å². The number of aromatic amines is 1. The van der Waals surface area contributed by atoms with E-state index in [1.807, 2.05) is 54.6 Å². The summed E-state index contributed by atoms with van der Waals surface area (Å²) in [7, 11) is 0. The number of carbonyl (C=O) groups excluding carboxylic acids is 1. The summed E-state index contributed by atoms with van der Waals surface area (Å²) in [5.41, 5.74) is 2.83. The van der Waals surface area contributed by atoms with Gasteiger partial charge in [0, 0.05) is 5.92 Å². The van der Waals surface area contributed by atoms with Gasteiger partial charge in [-0.05, 0) is 24.1 Å². The van der Waals surface area contributed by atoms with Crippen molar-refractivity contribution in [2.45, 2.75) is 18.4 Å². The average Bonchev–Trinajstić information content (AvgIpc) is 3.06. The molecular weight excluding hydrogens is 300 g/mol. The van der Waals surface area contributed by atoms with Gasteiger partial charge < -0.3 is 10.3 Å². The van der Waals surface area contributed by atoms with E-state index in [1.165, 1.54) is 0 Å². The molecule has 1 aromatic heterocycles. The van der Waals surface area contributed by atoms with Crippen LogP contribution in [-0.2, 0) is 4.79 Å². The molecule has 0 aliphatic carbocycles. The van der Waals surface area contributed by atoms with Crippen molar-refractivity contribution >= 4 is 16.9 Å². The van der Waals surface area contributed by atoms with Crippen molar-refractivity contribution in [2.75, 3.05) is 0 Å². The summed E-state index contributed by atoms with van der Waals surface area (Å²) < 4.78 is 0. The molecule has 5 heteroatoms. The Hall–Kier alpha value is -3.13. The predicted molar refractivity (Wildman–Crippen MR) is 89.9 cm³/mol. The van der Waals surface area contributed by atoms with Gasteiger partial charge in [0.25, 0.3) is 0 Å². The Morgan fingerprint density at radius 2 is 1.83 bits per heavy atom. The molecular formula is C19H16N4O. The van der Waals surface area contributed by atoms with Gasteiger partial charge in [-0.2, -0.15) is 5.26 Å². The maximum Gasteiger partial charge on any atom is 0.238 e. The monoisotopic (exact) mass is 316 g/mol. The molecule has 0 spiro atoms. The van der Waals surface area contributed by atoms with E-state index in [0.717, 1.165) is 22.4 Å². The first kappa shape index (κ1) is 14.5. The summed E-state index contributed by atoms with van der Waals surface area (Å²) in [6.45, 7) is 0. The standard InChI is InChI=1S/C19H16N4O/c20-11-14-13(12-6-2-1-3-7-12)10-17(23-19(14)24)18-21-15-8-4-5-9-16(15)22-18/h1-9,13-14,17H,10H2,(H,21,22)(H,23,24). The van der Waals surface area contributed by atoms with E-state index >= 15 is 0 Å². The van der Waals surface area contributed by atoms with Crippen LogP contribution in [0.25, 0.3) is 11.0 Å². The van der Waals surface area contributed by atoms with E-state index in [4.69, 9.17) is 0 Å². The second-order valence-corrected chi connectivity index (χ2v) is 6.06. The van der Waals surface area contributed by atoms with Gasteiger partial charge in [0.05, 0.1) is 23.1 Å². The third kappa shape index (κ3) is 2.42. The molecule has 24 heavy (non-hydrogen) atoms. The fraction of sp³-hybridized carbons (Fsp3) is 0.211. The molecule has 4 rings (SSSR count). The molecule has 2 heterocycles. The SMILES string of the molecule is N#CC1C(=O)NC(c2nc3ccccc3[nH]2)CC1c1ccccc1. The van der Waals surface area contributed by atoms with E-state index in [-0.39, 0.29) is 17.9 Å². The minimum atomic E-state index is -0.673. The Labute approximate surface area is 139 Å². The molecule has 0 saturated carbocycles. The zero-order valence-electron chi connectivity index (χ0n) is 12.9. The Morgan fingerprint density at radius 3 is 2.58 bits per heavy atom. The smallest absolute Gasteiger partial charge is 0.238 e. The normalized spacial score (nSPS) is 23.6. The lowest BCUT2D eigenvalue weighted by Crippen LogP contribution is -2.43. The number of imidazole rings is 1. The Bertz CT molecular complexity index is 892. The van der Waals surface area contributed by atoms with Crippen LogP contribution in [0.4, 0.5) is 0 Å². The number of hydrogen-bond donors (Lipinski definition) is 2. The lowest BCUT2D eigenvalue weighted by molar-refractivity contribution is -0.126. The van der Waals surface area contributed by atoms with Crippen molar-refractivity contribution < 1.29 is 4.79 Å². The molecule has 0 radical (unpaired) electrons. The second kappa shape index (κ2) is 5.82. The third-order valence-corrected chi connectivity index (χ3v) is 4.60. The molecule has 1 aliphatic heterocycles. The molecule has 0 bridgehead atoms. The van der Waals surface area contributed by atoms with Gasteiger partial charge in [0.1, 0.15) is 11.7 Å². The largest absolute Gasteiger partial charge is 0.345 e. The topological polar surface area (TPSA) is 81.6 Å². The number of hydrogen-bond acceptors (Lipinski definition) is 3. The fourth-order valence-corrected chi connectivity index (χ4v) is 3.39. The molecule has 118 valence electrons. The van der Waals surface area contributed by atoms with Crippen molar-refractivity contribution in [1.82, 2.24) is 15.3 Å². The lowest BCUT2D eigenvalue weighted by atomic mass is 9.78. The highest BCUT2D eigenvalue weighted by molar-refractivity contribution is 5.84. The molecule has 3 atom stereocenters. The van der Waals surface area contributed by atoms with Gasteiger partial charge in [0.2, 0.25) is 5.91 Å². The summed E-state index contributed by atoms with van der Waals surface area (Å²) in [4.78, 5) is 20.3. The first-order chi connectivity index (χ1) is 11.8. The van der Waals surface area contributed by atoms with E-state index in [2.05, 4.69) is 21.4 Å². The molecule has 5 nitrogen and oxygen atoms in total. The number of para-hydroxylation sites is 2. The molecule has 2 aromatic carbocycles. The van der Waals surface area contributed by atoms with Gasteiger partial charge in [-0.15, -0.1) is 0 Å². The van der Waals surface area contributed by atoms with Gasteiger partial charge >= 0.3 is 0 Å². The molecule has 3 unspecified atom stereocenters. The van der Waals surface area contributed by atoms with E-state index in [0.29, 0.717) is 6.42 Å². The molecule has 1 fully saturated rings. The van der Waals surface area contributed by atoms with Crippen LogP contribution in [0.2, 0.25) is 0 Å². The van der Waals surface area contributed by atoms with Crippen LogP contribution in [0.5, 0.6) is 0 Å². The predicted octanol–water partition coefficient (Wildman–Crippen LogP) is 3.05. The highest BCUT2D eigenvalue weighted by Crippen LogP contribution is 2.37. The van der Waals surface area contributed by atoms with Crippen LogP contribution >= 0.6 is 0 Å². The number of H-pyrrole nitrogens is 1. The molecule has 3 aromatic rings. The van der Waals surface area contributed by atoms with E-state index in [1.54, 1.807) is 0 Å². The van der Waals surface area contributed by atoms with Gasteiger partial charge in [-0.1, -0.05) is 42.5 Å². The maximum absolute atomic E-state index is 12.4. The molecule has 2 N–H and O–H groups in total. The van der Waals surface area contributed by atoms with Crippen molar-refractivity contribution in [3.8, 4) is 6.07 Å². The van der Waals surface area contributed by atoms with Crippen molar-refractivity contribution in [3.05, 3.63) is 66.0 Å². The highest BCUT2D eigenvalue weighted by Gasteiger charge is 2.39. The number of aromatic nitrogens is 2. The quantitative estimate of drug-likeness (QED) is 0.762. The van der Waals surface area contributed by atoms with Crippen LogP contribution < -0.4 is 5.32 Å². The second-order valence-electron chi connectivity index (χ2n) is 6.06. The van der Waals surface area contributed by atoms with Crippen molar-refractivity contribution in [3.63, 3.8) is 0 Å². The summed E-state index contributed by atoms with van der Waals surface area (Å²) >= 11 is 0. The van der Waals surface area contributed by atoms with E-state index in [9.17, 15) is 10.1 Å². The Balaban J connectivity index is 1.70. The van der Waals surface area contributed by atoms with Crippen LogP contribution in [0, 0.1) is 17.2 Å². The van der Waals surface area contributed by atoms with E-state index < -0.39 is 5.92 Å². The lowest BCUT2D eigenvalue weighted by Gasteiger charge is -2.32. The van der Waals surface area contributed by atoms with Crippen LogP contribution in [0.3, 0.4) is 0 Å². The summed E-state index contributed by atoms with van der Waals surface area (Å²) in [5.74, 6) is -0.305. The average molecular weight is 316 g/mol. The number of nitriles is 1. The minimum Gasteiger partial charge on any atom is -0.345 e. The number of nitrogens with one attached hydrogen (secondary N) is 2. The maximum atomic E-state index is 12.4. The summed E-state index contributed by atoms with van der Waals surface area (Å²) in [6, 6.07) is 19.5. The number of amides is 1. The van der Waals surface area contributed by atoms with Crippen molar-refractivity contribution in [1.29, 1.82) is 5.26 Å². The summed E-state index contributed by atoms with van der Waals surface area (Å²) in [5, 5.41) is 12.4. The number of piperidine rings is 1. The number of nitrogens with zero attached hydrogens (tertiary/aromatic N) is 2. The molecule has 1 saturated heterocycles. The van der Waals surface area contributed by atoms with Crippen LogP contribution in [-0.4, -0.2) is 15.9 Å². The number of benzene rings is 2. The number of carbonyl (C=O) groups is 1. The molecule has 1 amide bonds.